The number of hydrogen-bond acceptors (Lipinski definition) is 5. The van der Waals surface area contributed by atoms with Gasteiger partial charge in [-0.25, -0.2) is 9.79 Å². The van der Waals surface area contributed by atoms with Crippen molar-refractivity contribution in [2.24, 2.45) is 4.99 Å². The Bertz CT molecular complexity index is 808. The molecule has 2 aromatic rings. The standard InChI is InChI=1S/C19H18N2O3/c1-3-24-18(22)12-17-15-6-4-5-7-16(15)20-19(21-17)13-8-10-14(23-2)11-9-13/h4-12H,3H2,1-2H3,(H,20,21)/b17-12+. The summed E-state index contributed by atoms with van der Waals surface area (Å²) in [6.45, 7) is 2.12. The molecule has 0 amide bonds. The Morgan fingerprint density at radius 2 is 1.92 bits per heavy atom. The monoisotopic (exact) mass is 322 g/mol. The number of nitrogens with zero attached hydrogens (tertiary/aromatic N) is 1. The molecule has 0 radical (unpaired) electrons. The van der Waals surface area contributed by atoms with Crippen LogP contribution in [0.15, 0.2) is 59.6 Å². The lowest BCUT2D eigenvalue weighted by atomic mass is 10.1. The van der Waals surface area contributed by atoms with E-state index in [1.807, 2.05) is 48.5 Å². The highest BCUT2D eigenvalue weighted by Gasteiger charge is 2.18. The second-order valence-electron chi connectivity index (χ2n) is 5.14. The van der Waals surface area contributed by atoms with Gasteiger partial charge in [0.05, 0.1) is 25.1 Å². The molecule has 1 aliphatic rings. The number of hydrogen-bond donors (Lipinski definition) is 1. The van der Waals surface area contributed by atoms with Crippen molar-refractivity contribution in [2.75, 3.05) is 13.7 Å². The number of carbonyl (C=O) groups excluding carboxylic acids is 1. The minimum Gasteiger partial charge on any atom is -0.497 e. The number of para-hydroxylation sites is 1. The Morgan fingerprint density at radius 1 is 1.17 bits per heavy atom. The van der Waals surface area contributed by atoms with E-state index >= 15 is 0 Å². The molecule has 122 valence electrons. The van der Waals surface area contributed by atoms with Crippen LogP contribution >= 0.6 is 0 Å². The van der Waals surface area contributed by atoms with Gasteiger partial charge in [0.15, 0.2) is 0 Å². The third-order valence-electron chi connectivity index (χ3n) is 3.59. The summed E-state index contributed by atoms with van der Waals surface area (Å²) in [5.74, 6) is 1.07. The molecular weight excluding hydrogens is 304 g/mol. The lowest BCUT2D eigenvalue weighted by molar-refractivity contribution is -0.137. The van der Waals surface area contributed by atoms with Crippen LogP contribution in [0.3, 0.4) is 0 Å². The highest BCUT2D eigenvalue weighted by molar-refractivity contribution is 6.10. The van der Waals surface area contributed by atoms with Crippen LogP contribution in [0.25, 0.3) is 5.70 Å². The summed E-state index contributed by atoms with van der Waals surface area (Å²) in [5.41, 5.74) is 3.24. The molecule has 0 atom stereocenters. The predicted octanol–water partition coefficient (Wildman–Crippen LogP) is 3.28. The van der Waals surface area contributed by atoms with E-state index in [0.717, 1.165) is 22.6 Å². The SMILES string of the molecule is CCOC(=O)/C=C1/NC(c2ccc(OC)cc2)=Nc2ccccc21. The van der Waals surface area contributed by atoms with Crippen LogP contribution in [0.4, 0.5) is 5.69 Å². The van der Waals surface area contributed by atoms with Crippen LogP contribution in [0.5, 0.6) is 5.75 Å². The van der Waals surface area contributed by atoms with Gasteiger partial charge in [-0.3, -0.25) is 0 Å². The van der Waals surface area contributed by atoms with Gasteiger partial charge in [-0.05, 0) is 37.3 Å². The fourth-order valence-corrected chi connectivity index (χ4v) is 2.44. The summed E-state index contributed by atoms with van der Waals surface area (Å²) >= 11 is 0. The van der Waals surface area contributed by atoms with E-state index in [-0.39, 0.29) is 5.97 Å². The van der Waals surface area contributed by atoms with Crippen LogP contribution in [-0.2, 0) is 9.53 Å². The third kappa shape index (κ3) is 3.30. The summed E-state index contributed by atoms with van der Waals surface area (Å²) in [6.07, 6.45) is 1.46. The van der Waals surface area contributed by atoms with Crippen molar-refractivity contribution in [1.82, 2.24) is 5.32 Å². The normalized spacial score (nSPS) is 14.4. The second-order valence-corrected chi connectivity index (χ2v) is 5.14. The first-order valence-corrected chi connectivity index (χ1v) is 7.69. The molecule has 0 aliphatic carbocycles. The van der Waals surface area contributed by atoms with Gasteiger partial charge >= 0.3 is 5.97 Å². The van der Waals surface area contributed by atoms with Crippen molar-refractivity contribution >= 4 is 23.2 Å². The van der Waals surface area contributed by atoms with Gasteiger partial charge in [0, 0.05) is 17.2 Å². The quantitative estimate of drug-likeness (QED) is 0.693. The first-order valence-electron chi connectivity index (χ1n) is 7.69. The van der Waals surface area contributed by atoms with Crippen molar-refractivity contribution in [3.63, 3.8) is 0 Å². The first-order chi connectivity index (χ1) is 11.7. The van der Waals surface area contributed by atoms with Crippen molar-refractivity contribution < 1.29 is 14.3 Å². The number of carbonyl (C=O) groups is 1. The molecule has 3 rings (SSSR count). The van der Waals surface area contributed by atoms with Crippen molar-refractivity contribution in [2.45, 2.75) is 6.92 Å². The summed E-state index contributed by atoms with van der Waals surface area (Å²) in [6, 6.07) is 15.2. The molecule has 1 aliphatic heterocycles. The number of fused-ring (bicyclic) bond motifs is 1. The highest BCUT2D eigenvalue weighted by atomic mass is 16.5. The van der Waals surface area contributed by atoms with Crippen molar-refractivity contribution in [3.8, 4) is 5.75 Å². The topological polar surface area (TPSA) is 59.9 Å². The Hall–Kier alpha value is -3.08. The summed E-state index contributed by atoms with van der Waals surface area (Å²) in [4.78, 5) is 16.5. The Labute approximate surface area is 140 Å². The fourth-order valence-electron chi connectivity index (χ4n) is 2.44. The van der Waals surface area contributed by atoms with Gasteiger partial charge < -0.3 is 14.8 Å². The van der Waals surface area contributed by atoms with Gasteiger partial charge in [-0.15, -0.1) is 0 Å². The number of nitrogens with one attached hydrogen (secondary N) is 1. The number of ether oxygens (including phenoxy) is 2. The number of rotatable bonds is 4. The van der Waals surface area contributed by atoms with Gasteiger partial charge in [-0.2, -0.15) is 0 Å². The predicted molar refractivity (Wildman–Crippen MR) is 93.4 cm³/mol. The maximum Gasteiger partial charge on any atom is 0.332 e. The molecule has 5 nitrogen and oxygen atoms in total. The highest BCUT2D eigenvalue weighted by Crippen LogP contribution is 2.30. The molecular formula is C19H18N2O3. The number of aliphatic imine (C=N–C) groups is 1. The number of esters is 1. The lowest BCUT2D eigenvalue weighted by Crippen LogP contribution is -2.26. The molecule has 5 heteroatoms. The van der Waals surface area contributed by atoms with E-state index < -0.39 is 0 Å². The Balaban J connectivity index is 2.00. The van der Waals surface area contributed by atoms with E-state index in [0.29, 0.717) is 18.1 Å². The van der Waals surface area contributed by atoms with E-state index in [1.54, 1.807) is 14.0 Å². The lowest BCUT2D eigenvalue weighted by Gasteiger charge is -2.21. The summed E-state index contributed by atoms with van der Waals surface area (Å²) < 4.78 is 10.2. The Morgan fingerprint density at radius 3 is 2.62 bits per heavy atom. The molecule has 0 bridgehead atoms. The van der Waals surface area contributed by atoms with Gasteiger partial charge in [0.2, 0.25) is 0 Å². The summed E-state index contributed by atoms with van der Waals surface area (Å²) in [7, 11) is 1.63. The summed E-state index contributed by atoms with van der Waals surface area (Å²) in [5, 5.41) is 3.22. The zero-order valence-corrected chi connectivity index (χ0v) is 13.6. The molecule has 0 spiro atoms. The average molecular weight is 322 g/mol. The van der Waals surface area contributed by atoms with E-state index in [9.17, 15) is 4.79 Å². The van der Waals surface area contributed by atoms with Crippen molar-refractivity contribution in [3.05, 3.63) is 65.7 Å². The fraction of sp³-hybridized carbons (Fsp3) is 0.158. The van der Waals surface area contributed by atoms with E-state index in [4.69, 9.17) is 9.47 Å². The second kappa shape index (κ2) is 7.00. The molecule has 24 heavy (non-hydrogen) atoms. The molecule has 0 saturated heterocycles. The molecule has 1 N–H and O–H groups in total. The minimum atomic E-state index is -0.384. The number of amidine groups is 1. The maximum absolute atomic E-state index is 11.9. The smallest absolute Gasteiger partial charge is 0.332 e. The van der Waals surface area contributed by atoms with Gasteiger partial charge in [-0.1, -0.05) is 18.2 Å². The van der Waals surface area contributed by atoms with Crippen LogP contribution in [0.2, 0.25) is 0 Å². The molecule has 1 heterocycles. The number of methoxy groups -OCH3 is 1. The maximum atomic E-state index is 11.9. The van der Waals surface area contributed by atoms with E-state index in [2.05, 4.69) is 10.3 Å². The van der Waals surface area contributed by atoms with E-state index in [1.165, 1.54) is 6.08 Å². The molecule has 0 unspecified atom stereocenters. The zero-order chi connectivity index (χ0) is 16.9. The molecule has 0 saturated carbocycles. The van der Waals surface area contributed by atoms with Crippen LogP contribution in [0, 0.1) is 0 Å². The van der Waals surface area contributed by atoms with Crippen LogP contribution < -0.4 is 10.1 Å². The van der Waals surface area contributed by atoms with Crippen LogP contribution in [0.1, 0.15) is 18.1 Å². The molecule has 0 fully saturated rings. The number of benzene rings is 2. The van der Waals surface area contributed by atoms with Gasteiger partial charge in [0.25, 0.3) is 0 Å². The molecule has 2 aromatic carbocycles. The van der Waals surface area contributed by atoms with Gasteiger partial charge in [0.1, 0.15) is 11.6 Å². The zero-order valence-electron chi connectivity index (χ0n) is 13.6. The minimum absolute atomic E-state index is 0.337. The average Bonchev–Trinajstić information content (AvgIpc) is 2.62. The Kier molecular flexibility index (Phi) is 4.61. The first kappa shape index (κ1) is 15.8. The van der Waals surface area contributed by atoms with Crippen molar-refractivity contribution in [1.29, 1.82) is 0 Å². The molecule has 0 aromatic heterocycles. The largest absolute Gasteiger partial charge is 0.497 e. The third-order valence-corrected chi connectivity index (χ3v) is 3.59. The van der Waals surface area contributed by atoms with Crippen LogP contribution in [-0.4, -0.2) is 25.5 Å².